The number of hydrogen-bond acceptors (Lipinski definition) is 7. The number of ketones is 1. The van der Waals surface area contributed by atoms with E-state index in [0.29, 0.717) is 25.7 Å². The van der Waals surface area contributed by atoms with Crippen molar-refractivity contribution in [2.75, 3.05) is 13.2 Å². The Labute approximate surface area is 273 Å². The molecule has 0 radical (unpaired) electrons. The van der Waals surface area contributed by atoms with Gasteiger partial charge >= 0.3 is 11.9 Å². The molecule has 0 aromatic heterocycles. The molecule has 0 heterocycles. The Morgan fingerprint density at radius 1 is 0.822 bits per heavy atom. The van der Waals surface area contributed by atoms with Crippen molar-refractivity contribution in [2.45, 2.75) is 161 Å². The largest absolute Gasteiger partial charge is 0.462 e. The zero-order valence-electron chi connectivity index (χ0n) is 28.5. The summed E-state index contributed by atoms with van der Waals surface area (Å²) < 4.78 is 10.5. The van der Waals surface area contributed by atoms with Crippen LogP contribution in [0, 0.1) is 11.8 Å². The van der Waals surface area contributed by atoms with Gasteiger partial charge in [0.2, 0.25) is 0 Å². The van der Waals surface area contributed by atoms with E-state index < -0.39 is 24.8 Å². The molecule has 0 bridgehead atoms. The molecule has 1 aliphatic rings. The smallest absolute Gasteiger partial charge is 0.306 e. The number of carbonyl (C=O) groups excluding carboxylic acids is 3. The van der Waals surface area contributed by atoms with E-state index in [1.54, 1.807) is 12.2 Å². The second-order valence-electron chi connectivity index (χ2n) is 12.6. The Kier molecular flexibility index (Phi) is 25.4. The fourth-order valence-electron chi connectivity index (χ4n) is 5.54. The third kappa shape index (κ3) is 22.0. The van der Waals surface area contributed by atoms with Crippen molar-refractivity contribution in [3.63, 3.8) is 0 Å². The molecule has 0 saturated heterocycles. The molecule has 0 unspecified atom stereocenters. The lowest BCUT2D eigenvalue weighted by molar-refractivity contribution is -0.161. The summed E-state index contributed by atoms with van der Waals surface area (Å²) in [6, 6.07) is 0. The van der Waals surface area contributed by atoms with Crippen molar-refractivity contribution in [1.29, 1.82) is 0 Å². The van der Waals surface area contributed by atoms with E-state index >= 15 is 0 Å². The molecule has 4 atom stereocenters. The number of ether oxygens (including phenoxy) is 2. The maximum Gasteiger partial charge on any atom is 0.306 e. The maximum atomic E-state index is 12.3. The number of aliphatic hydroxyl groups is 2. The van der Waals surface area contributed by atoms with Gasteiger partial charge < -0.3 is 19.7 Å². The Bertz CT molecular complexity index is 862. The van der Waals surface area contributed by atoms with Crippen molar-refractivity contribution in [1.82, 2.24) is 0 Å². The Morgan fingerprint density at radius 2 is 1.42 bits per heavy atom. The van der Waals surface area contributed by atoms with Gasteiger partial charge in [0.05, 0.1) is 12.7 Å². The van der Waals surface area contributed by atoms with Crippen LogP contribution >= 0.6 is 0 Å². The van der Waals surface area contributed by atoms with Crippen LogP contribution in [0.2, 0.25) is 0 Å². The van der Waals surface area contributed by atoms with Crippen LogP contribution in [0.25, 0.3) is 0 Å². The van der Waals surface area contributed by atoms with E-state index in [9.17, 15) is 24.6 Å². The first-order chi connectivity index (χ1) is 21.9. The van der Waals surface area contributed by atoms with Gasteiger partial charge in [-0.2, -0.15) is 0 Å². The highest BCUT2D eigenvalue weighted by Crippen LogP contribution is 2.27. The molecule has 0 aromatic rings. The van der Waals surface area contributed by atoms with E-state index in [0.717, 1.165) is 44.9 Å². The molecule has 0 spiro atoms. The van der Waals surface area contributed by atoms with Gasteiger partial charge in [0.25, 0.3) is 0 Å². The summed E-state index contributed by atoms with van der Waals surface area (Å²) in [4.78, 5) is 36.5. The summed E-state index contributed by atoms with van der Waals surface area (Å²) in [6.45, 7) is 3.85. The van der Waals surface area contributed by atoms with Crippen molar-refractivity contribution in [3.8, 4) is 0 Å². The lowest BCUT2D eigenvalue weighted by atomic mass is 9.90. The van der Waals surface area contributed by atoms with Crippen LogP contribution in [-0.2, 0) is 23.9 Å². The second kappa shape index (κ2) is 28.0. The zero-order valence-corrected chi connectivity index (χ0v) is 28.5. The van der Waals surface area contributed by atoms with Crippen LogP contribution in [-0.4, -0.2) is 53.4 Å². The van der Waals surface area contributed by atoms with Gasteiger partial charge in [0.1, 0.15) is 6.61 Å². The standard InChI is InChI=1S/C38H64O7/c1-3-5-7-8-9-10-11-12-13-14-15-20-24-37(42)44-31-34(30-39)45-38(43)25-21-17-16-19-22-32-26-29-36(41)35(32)28-27-33(40)23-18-6-4-2/h16,19,26-29,32-35,39-40H,3-15,17-18,20-25,30-31H2,1-2H3/b19-16-,28-27+/t32-,33-,34-,35+/m0/s1. The zero-order chi connectivity index (χ0) is 33.0. The van der Waals surface area contributed by atoms with Crippen LogP contribution in [0.3, 0.4) is 0 Å². The predicted molar refractivity (Wildman–Crippen MR) is 182 cm³/mol. The molecule has 7 heteroatoms. The fourth-order valence-corrected chi connectivity index (χ4v) is 5.54. The molecular formula is C38H64O7. The van der Waals surface area contributed by atoms with Gasteiger partial charge in [0.15, 0.2) is 11.9 Å². The number of rotatable bonds is 29. The molecule has 0 aromatic carbocycles. The van der Waals surface area contributed by atoms with Crippen LogP contribution in [0.15, 0.2) is 36.5 Å². The Hall–Kier alpha value is -2.25. The van der Waals surface area contributed by atoms with E-state index in [1.807, 2.05) is 24.3 Å². The second-order valence-corrected chi connectivity index (χ2v) is 12.6. The number of aliphatic hydroxyl groups excluding tert-OH is 2. The van der Waals surface area contributed by atoms with Gasteiger partial charge in [-0.05, 0) is 44.1 Å². The quantitative estimate of drug-likeness (QED) is 0.0483. The third-order valence-electron chi connectivity index (χ3n) is 8.43. The first-order valence-corrected chi connectivity index (χ1v) is 18.1. The predicted octanol–water partition coefficient (Wildman–Crippen LogP) is 8.51. The highest BCUT2D eigenvalue weighted by Gasteiger charge is 2.27. The highest BCUT2D eigenvalue weighted by molar-refractivity contribution is 5.95. The van der Waals surface area contributed by atoms with E-state index in [1.165, 1.54) is 57.8 Å². The van der Waals surface area contributed by atoms with Crippen LogP contribution < -0.4 is 0 Å². The molecule has 0 saturated carbocycles. The molecule has 2 N–H and O–H groups in total. The molecule has 7 nitrogen and oxygen atoms in total. The molecule has 0 fully saturated rings. The van der Waals surface area contributed by atoms with Crippen molar-refractivity contribution in [3.05, 3.63) is 36.5 Å². The van der Waals surface area contributed by atoms with Gasteiger partial charge in [-0.15, -0.1) is 0 Å². The first-order valence-electron chi connectivity index (χ1n) is 18.1. The normalized spacial score (nSPS) is 17.8. The number of carbonyl (C=O) groups is 3. The summed E-state index contributed by atoms with van der Waals surface area (Å²) in [6.07, 6.45) is 31.1. The number of hydrogen-bond donors (Lipinski definition) is 2. The summed E-state index contributed by atoms with van der Waals surface area (Å²) in [5.74, 6) is -0.834. The number of esters is 2. The van der Waals surface area contributed by atoms with Gasteiger partial charge in [-0.25, -0.2) is 0 Å². The minimum absolute atomic E-state index is 0.0709. The van der Waals surface area contributed by atoms with Gasteiger partial charge in [0, 0.05) is 18.8 Å². The van der Waals surface area contributed by atoms with Gasteiger partial charge in [-0.1, -0.05) is 134 Å². The molecule has 0 aliphatic heterocycles. The third-order valence-corrected chi connectivity index (χ3v) is 8.43. The Balaban J connectivity index is 2.12. The van der Waals surface area contributed by atoms with Crippen molar-refractivity contribution in [2.24, 2.45) is 11.8 Å². The van der Waals surface area contributed by atoms with Gasteiger partial charge in [-0.3, -0.25) is 14.4 Å². The Morgan fingerprint density at radius 3 is 2.07 bits per heavy atom. The van der Waals surface area contributed by atoms with Crippen LogP contribution in [0.5, 0.6) is 0 Å². The minimum Gasteiger partial charge on any atom is -0.462 e. The molecule has 0 amide bonds. The molecule has 1 rings (SSSR count). The average Bonchev–Trinajstić information content (AvgIpc) is 3.38. The first kappa shape index (κ1) is 40.8. The lowest BCUT2D eigenvalue weighted by Crippen LogP contribution is -2.28. The number of unbranched alkanes of at least 4 members (excludes halogenated alkanes) is 14. The average molecular weight is 633 g/mol. The SMILES string of the molecule is CCCCCCCCCCCCCCC(=O)OC[C@H](CO)OC(=O)CCC/C=C\C[C@H]1C=CC(=O)[C@@H]1/C=C/[C@@H](O)CCCCC. The molecule has 258 valence electrons. The number of allylic oxidation sites excluding steroid dienone is 5. The summed E-state index contributed by atoms with van der Waals surface area (Å²) in [5, 5.41) is 19.7. The van der Waals surface area contributed by atoms with E-state index in [4.69, 9.17) is 9.47 Å². The van der Waals surface area contributed by atoms with Crippen LogP contribution in [0.1, 0.15) is 149 Å². The highest BCUT2D eigenvalue weighted by atomic mass is 16.6. The molecular weight excluding hydrogens is 568 g/mol. The minimum atomic E-state index is -0.846. The lowest BCUT2D eigenvalue weighted by Gasteiger charge is -2.15. The summed E-state index contributed by atoms with van der Waals surface area (Å²) in [5.41, 5.74) is 0. The summed E-state index contributed by atoms with van der Waals surface area (Å²) in [7, 11) is 0. The molecule has 1 aliphatic carbocycles. The molecule has 45 heavy (non-hydrogen) atoms. The van der Waals surface area contributed by atoms with Crippen LogP contribution in [0.4, 0.5) is 0 Å². The van der Waals surface area contributed by atoms with E-state index in [2.05, 4.69) is 13.8 Å². The fraction of sp³-hybridized carbons (Fsp3) is 0.763. The topological polar surface area (TPSA) is 110 Å². The maximum absolute atomic E-state index is 12.3. The van der Waals surface area contributed by atoms with Crippen molar-refractivity contribution < 1.29 is 34.1 Å². The summed E-state index contributed by atoms with van der Waals surface area (Å²) >= 11 is 0. The monoisotopic (exact) mass is 632 g/mol. The van der Waals surface area contributed by atoms with Crippen molar-refractivity contribution >= 4 is 17.7 Å². The van der Waals surface area contributed by atoms with E-state index in [-0.39, 0.29) is 36.6 Å².